The zero-order valence-corrected chi connectivity index (χ0v) is 15.8. The SMILES string of the molecule is BC(B)(B)N(CC(=O)O)C(=N)NC(=O)CCCCCCCCCC. The van der Waals surface area contributed by atoms with E-state index in [1.54, 1.807) is 0 Å². The van der Waals surface area contributed by atoms with Gasteiger partial charge in [-0.05, 0) is 11.7 Å². The number of nitrogens with zero attached hydrogens (tertiary/aromatic N) is 1. The van der Waals surface area contributed by atoms with Gasteiger partial charge in [0.25, 0.3) is 0 Å². The number of carboxylic acids is 1. The lowest BCUT2D eigenvalue weighted by atomic mass is 9.48. The monoisotopic (exact) mass is 335 g/mol. The number of rotatable bonds is 12. The molecule has 0 aromatic carbocycles. The minimum atomic E-state index is -1.02. The largest absolute Gasteiger partial charge is 0.480 e. The van der Waals surface area contributed by atoms with Crippen LogP contribution in [0.25, 0.3) is 0 Å². The van der Waals surface area contributed by atoms with Crippen LogP contribution < -0.4 is 5.32 Å². The van der Waals surface area contributed by atoms with E-state index in [2.05, 4.69) is 12.2 Å². The molecule has 0 aliphatic carbocycles. The van der Waals surface area contributed by atoms with E-state index in [1.807, 2.05) is 23.5 Å². The van der Waals surface area contributed by atoms with Crippen LogP contribution in [0.5, 0.6) is 0 Å². The number of carboxylic acid groups (broad SMARTS) is 1. The number of hydrogen-bond donors (Lipinski definition) is 3. The molecule has 0 atom stereocenters. The molecule has 0 bridgehead atoms. The number of aliphatic carboxylic acids is 1. The number of carbonyl (C=O) groups is 2. The number of amides is 1. The normalized spacial score (nSPS) is 11.0. The highest BCUT2D eigenvalue weighted by atomic mass is 16.4. The minimum absolute atomic E-state index is 0.144. The molecule has 3 N–H and O–H groups in total. The molecular weight excluding hydrogens is 303 g/mol. The Balaban J connectivity index is 4.03. The van der Waals surface area contributed by atoms with Gasteiger partial charge in [0, 0.05) is 6.42 Å². The van der Waals surface area contributed by atoms with E-state index in [1.165, 1.54) is 37.0 Å². The van der Waals surface area contributed by atoms with Crippen LogP contribution in [-0.2, 0) is 9.59 Å². The van der Waals surface area contributed by atoms with Gasteiger partial charge in [0.15, 0.2) is 5.96 Å². The van der Waals surface area contributed by atoms with Crippen molar-refractivity contribution in [1.29, 1.82) is 5.41 Å². The molecule has 134 valence electrons. The van der Waals surface area contributed by atoms with E-state index >= 15 is 0 Å². The molecule has 0 rings (SSSR count). The Morgan fingerprint density at radius 2 is 1.54 bits per heavy atom. The molecule has 0 fully saturated rings. The van der Waals surface area contributed by atoms with Crippen molar-refractivity contribution in [3.63, 3.8) is 0 Å². The molecular formula is C15H32B3N3O3. The van der Waals surface area contributed by atoms with Crippen molar-refractivity contribution in [3.05, 3.63) is 0 Å². The van der Waals surface area contributed by atoms with Crippen LogP contribution in [0.4, 0.5) is 0 Å². The van der Waals surface area contributed by atoms with Crippen LogP contribution in [0, 0.1) is 5.41 Å². The maximum Gasteiger partial charge on any atom is 0.323 e. The van der Waals surface area contributed by atoms with Gasteiger partial charge in [-0.25, -0.2) is 0 Å². The fraction of sp³-hybridized carbons (Fsp3) is 0.800. The van der Waals surface area contributed by atoms with Crippen LogP contribution in [0.2, 0.25) is 0 Å². The summed E-state index contributed by atoms with van der Waals surface area (Å²) < 4.78 is 0. The number of guanidine groups is 1. The van der Waals surface area contributed by atoms with Gasteiger partial charge in [-0.3, -0.25) is 20.3 Å². The second kappa shape index (κ2) is 12.0. The first-order valence-corrected chi connectivity index (χ1v) is 9.06. The van der Waals surface area contributed by atoms with E-state index in [0.29, 0.717) is 6.42 Å². The standard InChI is InChI=1S/C15H32B3N3O3/c1-2-3-4-5-6-7-8-9-10-12(22)20-14(19)21(11-13(23)24)15(16,17)18/h2-11,16-18H2,1H3,(H,23,24)(H2,19,20,22). The summed E-state index contributed by atoms with van der Waals surface area (Å²) in [6, 6.07) is 0. The van der Waals surface area contributed by atoms with Crippen molar-refractivity contribution in [1.82, 2.24) is 10.2 Å². The lowest BCUT2D eigenvalue weighted by Gasteiger charge is -2.36. The Morgan fingerprint density at radius 1 is 1.04 bits per heavy atom. The van der Waals surface area contributed by atoms with Gasteiger partial charge in [0.1, 0.15) is 30.1 Å². The molecule has 0 spiro atoms. The van der Waals surface area contributed by atoms with Crippen molar-refractivity contribution in [3.8, 4) is 0 Å². The number of nitrogens with one attached hydrogen (secondary N) is 2. The van der Waals surface area contributed by atoms with Gasteiger partial charge < -0.3 is 10.0 Å². The van der Waals surface area contributed by atoms with E-state index < -0.39 is 11.2 Å². The highest BCUT2D eigenvalue weighted by Crippen LogP contribution is 2.09. The summed E-state index contributed by atoms with van der Waals surface area (Å²) in [6.45, 7) is 1.90. The Kier molecular flexibility index (Phi) is 11.3. The molecule has 1 amide bonds. The third kappa shape index (κ3) is 11.2. The van der Waals surface area contributed by atoms with Gasteiger partial charge in [-0.2, -0.15) is 0 Å². The van der Waals surface area contributed by atoms with Crippen molar-refractivity contribution in [2.24, 2.45) is 0 Å². The topological polar surface area (TPSA) is 93.5 Å². The lowest BCUT2D eigenvalue weighted by Crippen LogP contribution is -2.59. The Bertz CT molecular complexity index is 415. The maximum atomic E-state index is 11.9. The molecule has 0 radical (unpaired) electrons. The van der Waals surface area contributed by atoms with Crippen molar-refractivity contribution >= 4 is 41.4 Å². The van der Waals surface area contributed by atoms with Crippen LogP contribution in [-0.4, -0.2) is 63.2 Å². The molecule has 0 saturated carbocycles. The fourth-order valence-electron chi connectivity index (χ4n) is 2.47. The Morgan fingerprint density at radius 3 is 2.00 bits per heavy atom. The molecule has 0 aromatic rings. The summed E-state index contributed by atoms with van der Waals surface area (Å²) >= 11 is 0. The van der Waals surface area contributed by atoms with Crippen LogP contribution in [0.3, 0.4) is 0 Å². The molecule has 0 aliphatic rings. The zero-order valence-electron chi connectivity index (χ0n) is 15.8. The minimum Gasteiger partial charge on any atom is -0.480 e. The van der Waals surface area contributed by atoms with Crippen LogP contribution in [0.15, 0.2) is 0 Å². The third-order valence-electron chi connectivity index (χ3n) is 3.89. The van der Waals surface area contributed by atoms with Gasteiger partial charge in [-0.15, -0.1) is 0 Å². The van der Waals surface area contributed by atoms with Crippen molar-refractivity contribution in [2.75, 3.05) is 6.54 Å². The number of carbonyl (C=O) groups excluding carboxylic acids is 1. The van der Waals surface area contributed by atoms with Crippen molar-refractivity contribution in [2.45, 2.75) is 69.9 Å². The van der Waals surface area contributed by atoms with E-state index in [-0.39, 0.29) is 18.4 Å². The molecule has 0 unspecified atom stereocenters. The van der Waals surface area contributed by atoms with Crippen LogP contribution >= 0.6 is 0 Å². The summed E-state index contributed by atoms with van der Waals surface area (Å²) in [7, 11) is 5.44. The Labute approximate surface area is 148 Å². The van der Waals surface area contributed by atoms with Crippen molar-refractivity contribution < 1.29 is 14.7 Å². The average Bonchev–Trinajstić information content (AvgIpc) is 2.46. The van der Waals surface area contributed by atoms with Gasteiger partial charge in [-0.1, -0.05) is 51.9 Å². The lowest BCUT2D eigenvalue weighted by molar-refractivity contribution is -0.137. The van der Waals surface area contributed by atoms with E-state index in [0.717, 1.165) is 19.3 Å². The summed E-state index contributed by atoms with van der Waals surface area (Å²) in [6.07, 6.45) is 9.66. The van der Waals surface area contributed by atoms with Gasteiger partial charge in [0.05, 0.1) is 0 Å². The highest BCUT2D eigenvalue weighted by Gasteiger charge is 2.26. The second-order valence-corrected chi connectivity index (χ2v) is 7.27. The molecule has 0 saturated heterocycles. The first-order valence-electron chi connectivity index (χ1n) is 9.06. The second-order valence-electron chi connectivity index (χ2n) is 7.27. The Hall–Kier alpha value is -1.40. The quantitative estimate of drug-likeness (QED) is 0.193. The molecule has 9 heteroatoms. The third-order valence-corrected chi connectivity index (χ3v) is 3.89. The molecule has 6 nitrogen and oxygen atoms in total. The van der Waals surface area contributed by atoms with E-state index in [4.69, 9.17) is 10.5 Å². The number of unbranched alkanes of at least 4 members (excludes halogenated alkanes) is 7. The highest BCUT2D eigenvalue weighted by molar-refractivity contribution is 6.59. The average molecular weight is 335 g/mol. The first-order chi connectivity index (χ1) is 11.2. The summed E-state index contributed by atoms with van der Waals surface area (Å²) in [4.78, 5) is 24.2. The van der Waals surface area contributed by atoms with Gasteiger partial charge >= 0.3 is 5.97 Å². The van der Waals surface area contributed by atoms with E-state index in [9.17, 15) is 9.59 Å². The predicted octanol–water partition coefficient (Wildman–Crippen LogP) is -0.535. The molecule has 24 heavy (non-hydrogen) atoms. The summed E-state index contributed by atoms with van der Waals surface area (Å²) in [5, 5.41) is 18.9. The summed E-state index contributed by atoms with van der Waals surface area (Å²) in [5.74, 6) is -1.38. The van der Waals surface area contributed by atoms with Gasteiger partial charge in [0.2, 0.25) is 5.91 Å². The molecule has 0 aliphatic heterocycles. The smallest absolute Gasteiger partial charge is 0.323 e. The predicted molar refractivity (Wildman–Crippen MR) is 106 cm³/mol. The molecule has 0 aromatic heterocycles. The fourth-order valence-corrected chi connectivity index (χ4v) is 2.47. The maximum absolute atomic E-state index is 11.9. The summed E-state index contributed by atoms with van der Waals surface area (Å²) in [5.41, 5.74) is 0. The number of hydrogen-bond acceptors (Lipinski definition) is 3. The molecule has 0 heterocycles. The van der Waals surface area contributed by atoms with Crippen LogP contribution in [0.1, 0.15) is 64.7 Å². The zero-order chi connectivity index (χ0) is 18.6. The first kappa shape index (κ1) is 22.6.